The van der Waals surface area contributed by atoms with Gasteiger partial charge in [0.1, 0.15) is 5.75 Å². The van der Waals surface area contributed by atoms with Crippen molar-refractivity contribution in [2.24, 2.45) is 5.73 Å². The van der Waals surface area contributed by atoms with Crippen molar-refractivity contribution in [3.63, 3.8) is 0 Å². The van der Waals surface area contributed by atoms with E-state index in [4.69, 9.17) is 26.5 Å². The molecule has 0 saturated heterocycles. The van der Waals surface area contributed by atoms with Crippen LogP contribution in [0.15, 0.2) is 22.6 Å². The van der Waals surface area contributed by atoms with Crippen LogP contribution in [0, 0.1) is 0 Å². The monoisotopic (exact) mass is 253 g/mol. The molecule has 2 rings (SSSR count). The Balaban J connectivity index is 2.44. The SMILES string of the molecule is COc1cc(Cl)ccc1-c1nnc(C(C)N)o1. The molecule has 0 fully saturated rings. The first-order valence-corrected chi connectivity index (χ1v) is 5.42. The minimum atomic E-state index is -0.297. The Kier molecular flexibility index (Phi) is 3.31. The third-order valence-electron chi connectivity index (χ3n) is 2.22. The highest BCUT2D eigenvalue weighted by atomic mass is 35.5. The molecule has 0 aliphatic rings. The highest BCUT2D eigenvalue weighted by molar-refractivity contribution is 6.30. The molecular formula is C11H12ClN3O2. The average Bonchev–Trinajstić information content (AvgIpc) is 2.78. The van der Waals surface area contributed by atoms with E-state index in [0.717, 1.165) is 0 Å². The van der Waals surface area contributed by atoms with E-state index in [9.17, 15) is 0 Å². The largest absolute Gasteiger partial charge is 0.496 e. The number of nitrogens with two attached hydrogens (primary N) is 1. The molecule has 1 aromatic heterocycles. The first kappa shape index (κ1) is 11.9. The second kappa shape index (κ2) is 4.73. The third-order valence-corrected chi connectivity index (χ3v) is 2.46. The summed E-state index contributed by atoms with van der Waals surface area (Å²) in [5.74, 6) is 1.33. The maximum Gasteiger partial charge on any atom is 0.251 e. The van der Waals surface area contributed by atoms with Crippen molar-refractivity contribution in [2.75, 3.05) is 7.11 Å². The molecule has 1 heterocycles. The Morgan fingerprint density at radius 3 is 2.76 bits per heavy atom. The molecule has 6 heteroatoms. The highest BCUT2D eigenvalue weighted by Crippen LogP contribution is 2.31. The Bertz CT molecular complexity index is 525. The predicted molar refractivity (Wildman–Crippen MR) is 63.9 cm³/mol. The van der Waals surface area contributed by atoms with Gasteiger partial charge in [-0.25, -0.2) is 0 Å². The molecule has 0 bridgehead atoms. The van der Waals surface area contributed by atoms with Crippen molar-refractivity contribution in [3.05, 3.63) is 29.1 Å². The number of halogens is 1. The summed E-state index contributed by atoms with van der Waals surface area (Å²) in [7, 11) is 1.55. The predicted octanol–water partition coefficient (Wildman–Crippen LogP) is 2.42. The zero-order valence-electron chi connectivity index (χ0n) is 9.48. The lowest BCUT2D eigenvalue weighted by Crippen LogP contribution is -2.04. The average molecular weight is 254 g/mol. The molecule has 0 aliphatic carbocycles. The van der Waals surface area contributed by atoms with Gasteiger partial charge in [-0.2, -0.15) is 0 Å². The first-order valence-electron chi connectivity index (χ1n) is 5.04. The third kappa shape index (κ3) is 2.40. The summed E-state index contributed by atoms with van der Waals surface area (Å²) in [6.45, 7) is 1.77. The topological polar surface area (TPSA) is 74.2 Å². The van der Waals surface area contributed by atoms with Crippen LogP contribution in [0.2, 0.25) is 5.02 Å². The van der Waals surface area contributed by atoms with Crippen LogP contribution in [-0.4, -0.2) is 17.3 Å². The molecule has 0 radical (unpaired) electrons. The number of methoxy groups -OCH3 is 1. The zero-order chi connectivity index (χ0) is 12.4. The smallest absolute Gasteiger partial charge is 0.251 e. The summed E-state index contributed by atoms with van der Waals surface area (Å²) in [4.78, 5) is 0. The van der Waals surface area contributed by atoms with Crippen LogP contribution in [0.3, 0.4) is 0 Å². The van der Waals surface area contributed by atoms with Crippen molar-refractivity contribution in [3.8, 4) is 17.2 Å². The second-order valence-corrected chi connectivity index (χ2v) is 4.02. The zero-order valence-corrected chi connectivity index (χ0v) is 10.2. The Hall–Kier alpha value is -1.59. The normalized spacial score (nSPS) is 12.5. The molecule has 0 spiro atoms. The molecule has 0 saturated carbocycles. The standard InChI is InChI=1S/C11H12ClN3O2/c1-6(13)10-14-15-11(17-10)8-4-3-7(12)5-9(8)16-2/h3-6H,13H2,1-2H3. The van der Waals surface area contributed by atoms with Gasteiger partial charge in [0.25, 0.3) is 5.89 Å². The van der Waals surface area contributed by atoms with Gasteiger partial charge >= 0.3 is 0 Å². The van der Waals surface area contributed by atoms with E-state index in [0.29, 0.717) is 28.1 Å². The highest BCUT2D eigenvalue weighted by Gasteiger charge is 2.15. The maximum atomic E-state index is 5.87. The van der Waals surface area contributed by atoms with Crippen molar-refractivity contribution in [2.45, 2.75) is 13.0 Å². The van der Waals surface area contributed by atoms with Gasteiger partial charge in [0, 0.05) is 5.02 Å². The summed E-state index contributed by atoms with van der Waals surface area (Å²) < 4.78 is 10.7. The van der Waals surface area contributed by atoms with Gasteiger partial charge in [-0.05, 0) is 25.1 Å². The van der Waals surface area contributed by atoms with Crippen LogP contribution in [0.1, 0.15) is 18.9 Å². The summed E-state index contributed by atoms with van der Waals surface area (Å²) in [6, 6.07) is 4.89. The molecule has 5 nitrogen and oxygen atoms in total. The number of nitrogens with zero attached hydrogens (tertiary/aromatic N) is 2. The Morgan fingerprint density at radius 1 is 1.41 bits per heavy atom. The van der Waals surface area contributed by atoms with Gasteiger partial charge in [-0.1, -0.05) is 11.6 Å². The van der Waals surface area contributed by atoms with E-state index in [-0.39, 0.29) is 6.04 Å². The maximum absolute atomic E-state index is 5.87. The van der Waals surface area contributed by atoms with E-state index < -0.39 is 0 Å². The van der Waals surface area contributed by atoms with E-state index in [1.807, 2.05) is 0 Å². The lowest BCUT2D eigenvalue weighted by Gasteiger charge is -2.04. The minimum absolute atomic E-state index is 0.297. The van der Waals surface area contributed by atoms with Crippen LogP contribution >= 0.6 is 11.6 Å². The quantitative estimate of drug-likeness (QED) is 0.909. The van der Waals surface area contributed by atoms with Crippen molar-refractivity contribution < 1.29 is 9.15 Å². The molecule has 2 N–H and O–H groups in total. The molecule has 0 amide bonds. The summed E-state index contributed by atoms with van der Waals surface area (Å²) in [5, 5.41) is 8.37. The van der Waals surface area contributed by atoms with Gasteiger partial charge in [0.05, 0.1) is 18.7 Å². The fraction of sp³-hybridized carbons (Fsp3) is 0.273. The summed E-state index contributed by atoms with van der Waals surface area (Å²) in [5.41, 5.74) is 6.34. The van der Waals surface area contributed by atoms with Gasteiger partial charge in [-0.3, -0.25) is 0 Å². The van der Waals surface area contributed by atoms with Gasteiger partial charge in [0.15, 0.2) is 0 Å². The molecular weight excluding hydrogens is 242 g/mol. The van der Waals surface area contributed by atoms with E-state index in [1.165, 1.54) is 0 Å². The van der Waals surface area contributed by atoms with Crippen molar-refractivity contribution in [1.29, 1.82) is 0 Å². The second-order valence-electron chi connectivity index (χ2n) is 3.58. The Labute approximate surface area is 104 Å². The number of rotatable bonds is 3. The van der Waals surface area contributed by atoms with Crippen LogP contribution < -0.4 is 10.5 Å². The van der Waals surface area contributed by atoms with Crippen LogP contribution in [0.25, 0.3) is 11.5 Å². The molecule has 0 aliphatic heterocycles. The fourth-order valence-electron chi connectivity index (χ4n) is 1.37. The number of aromatic nitrogens is 2. The number of hydrogen-bond donors (Lipinski definition) is 1. The molecule has 2 aromatic rings. The summed E-state index contributed by atoms with van der Waals surface area (Å²) >= 11 is 5.87. The molecule has 17 heavy (non-hydrogen) atoms. The summed E-state index contributed by atoms with van der Waals surface area (Å²) in [6.07, 6.45) is 0. The van der Waals surface area contributed by atoms with Crippen molar-refractivity contribution >= 4 is 11.6 Å². The first-order chi connectivity index (χ1) is 8.11. The minimum Gasteiger partial charge on any atom is -0.496 e. The molecule has 1 unspecified atom stereocenters. The molecule has 1 atom stereocenters. The van der Waals surface area contributed by atoms with Gasteiger partial charge < -0.3 is 14.9 Å². The van der Waals surface area contributed by atoms with Crippen molar-refractivity contribution in [1.82, 2.24) is 10.2 Å². The lowest BCUT2D eigenvalue weighted by atomic mass is 10.2. The van der Waals surface area contributed by atoms with E-state index in [1.54, 1.807) is 32.2 Å². The number of hydrogen-bond acceptors (Lipinski definition) is 5. The van der Waals surface area contributed by atoms with E-state index in [2.05, 4.69) is 10.2 Å². The number of benzene rings is 1. The lowest BCUT2D eigenvalue weighted by molar-refractivity contribution is 0.412. The fourth-order valence-corrected chi connectivity index (χ4v) is 1.53. The van der Waals surface area contributed by atoms with Crippen LogP contribution in [0.5, 0.6) is 5.75 Å². The van der Waals surface area contributed by atoms with Crippen LogP contribution in [-0.2, 0) is 0 Å². The van der Waals surface area contributed by atoms with Gasteiger partial charge in [-0.15, -0.1) is 10.2 Å². The molecule has 1 aromatic carbocycles. The van der Waals surface area contributed by atoms with E-state index >= 15 is 0 Å². The molecule has 90 valence electrons. The Morgan fingerprint density at radius 2 is 2.18 bits per heavy atom. The van der Waals surface area contributed by atoms with Gasteiger partial charge in [0.2, 0.25) is 5.89 Å². The number of ether oxygens (including phenoxy) is 1. The van der Waals surface area contributed by atoms with Crippen LogP contribution in [0.4, 0.5) is 0 Å².